The van der Waals surface area contributed by atoms with Gasteiger partial charge < -0.3 is 15.6 Å². The fourth-order valence-corrected chi connectivity index (χ4v) is 2.18. The molecule has 0 unspecified atom stereocenters. The van der Waals surface area contributed by atoms with E-state index in [1.807, 2.05) is 0 Å². The van der Waals surface area contributed by atoms with E-state index in [0.717, 1.165) is 38.2 Å². The summed E-state index contributed by atoms with van der Waals surface area (Å²) in [6, 6.07) is 0. The van der Waals surface area contributed by atoms with Crippen LogP contribution in [0.1, 0.15) is 25.1 Å². The molecule has 1 aliphatic heterocycles. The normalized spacial score (nSPS) is 16.9. The second-order valence-electron chi connectivity index (χ2n) is 4.53. The molecular weight excluding hydrogens is 216 g/mol. The van der Waals surface area contributed by atoms with Crippen molar-refractivity contribution in [2.45, 2.75) is 25.7 Å². The maximum absolute atomic E-state index is 11.7. The predicted octanol–water partition coefficient (Wildman–Crippen LogP) is 0.458. The van der Waals surface area contributed by atoms with Gasteiger partial charge in [0.1, 0.15) is 5.82 Å². The third-order valence-corrected chi connectivity index (χ3v) is 3.17. The van der Waals surface area contributed by atoms with Crippen molar-refractivity contribution in [3.8, 4) is 0 Å². The van der Waals surface area contributed by atoms with Crippen LogP contribution < -0.4 is 10.6 Å². The Hall–Kier alpha value is -1.36. The van der Waals surface area contributed by atoms with Crippen LogP contribution in [0.5, 0.6) is 0 Å². The summed E-state index contributed by atoms with van der Waals surface area (Å²) >= 11 is 0. The highest BCUT2D eigenvalue weighted by Crippen LogP contribution is 2.15. The molecule has 3 N–H and O–H groups in total. The Balaban J connectivity index is 1.60. The summed E-state index contributed by atoms with van der Waals surface area (Å²) < 4.78 is 0. The molecule has 2 rings (SSSR count). The Labute approximate surface area is 101 Å². The van der Waals surface area contributed by atoms with Gasteiger partial charge in [-0.05, 0) is 31.8 Å². The van der Waals surface area contributed by atoms with Gasteiger partial charge >= 0.3 is 0 Å². The second kappa shape index (κ2) is 6.39. The van der Waals surface area contributed by atoms with E-state index in [9.17, 15) is 4.79 Å². The lowest BCUT2D eigenvalue weighted by atomic mass is 9.94. The van der Waals surface area contributed by atoms with E-state index in [2.05, 4.69) is 20.6 Å². The smallest absolute Gasteiger partial charge is 0.220 e. The minimum absolute atomic E-state index is 0.170. The SMILES string of the molecule is O=C(CC1CCNCC1)NCCc1ncc[nH]1. The summed E-state index contributed by atoms with van der Waals surface area (Å²) in [4.78, 5) is 18.8. The van der Waals surface area contributed by atoms with Gasteiger partial charge in [-0.3, -0.25) is 4.79 Å². The molecule has 0 radical (unpaired) electrons. The standard InChI is InChI=1S/C12H20N4O/c17-12(9-10-1-4-13-5-2-10)16-6-3-11-14-7-8-15-11/h7-8,10,13H,1-6,9H2,(H,14,15)(H,16,17). The maximum Gasteiger partial charge on any atom is 0.220 e. The first kappa shape index (κ1) is 12.1. The number of H-pyrrole nitrogens is 1. The highest BCUT2D eigenvalue weighted by Gasteiger charge is 2.16. The van der Waals surface area contributed by atoms with E-state index in [0.29, 0.717) is 18.9 Å². The number of carbonyl (C=O) groups is 1. The highest BCUT2D eigenvalue weighted by atomic mass is 16.1. The molecule has 0 bridgehead atoms. The molecular formula is C12H20N4O. The van der Waals surface area contributed by atoms with Crippen LogP contribution in [0.3, 0.4) is 0 Å². The average molecular weight is 236 g/mol. The summed E-state index contributed by atoms with van der Waals surface area (Å²) in [6.07, 6.45) is 7.19. The monoisotopic (exact) mass is 236 g/mol. The van der Waals surface area contributed by atoms with Crippen LogP contribution in [-0.4, -0.2) is 35.5 Å². The molecule has 1 amide bonds. The van der Waals surface area contributed by atoms with Crippen LogP contribution in [0, 0.1) is 5.92 Å². The van der Waals surface area contributed by atoms with Gasteiger partial charge in [-0.25, -0.2) is 4.98 Å². The number of carbonyl (C=O) groups excluding carboxylic acids is 1. The fraction of sp³-hybridized carbons (Fsp3) is 0.667. The first-order chi connectivity index (χ1) is 8.34. The second-order valence-corrected chi connectivity index (χ2v) is 4.53. The first-order valence-electron chi connectivity index (χ1n) is 6.30. The average Bonchev–Trinajstić information content (AvgIpc) is 2.83. The third-order valence-electron chi connectivity index (χ3n) is 3.17. The minimum Gasteiger partial charge on any atom is -0.356 e. The van der Waals surface area contributed by atoms with Crippen molar-refractivity contribution in [2.75, 3.05) is 19.6 Å². The van der Waals surface area contributed by atoms with E-state index >= 15 is 0 Å². The number of aromatic amines is 1. The molecule has 5 heteroatoms. The van der Waals surface area contributed by atoms with Crippen LogP contribution in [0.25, 0.3) is 0 Å². The molecule has 0 atom stereocenters. The highest BCUT2D eigenvalue weighted by molar-refractivity contribution is 5.76. The Kier molecular flexibility index (Phi) is 4.55. The Morgan fingerprint density at radius 3 is 3.00 bits per heavy atom. The minimum atomic E-state index is 0.170. The zero-order valence-electron chi connectivity index (χ0n) is 10.0. The first-order valence-corrected chi connectivity index (χ1v) is 6.30. The Bertz CT molecular complexity index is 330. The number of imidazole rings is 1. The molecule has 1 aromatic heterocycles. The molecule has 5 nitrogen and oxygen atoms in total. The molecule has 1 saturated heterocycles. The number of hydrogen-bond donors (Lipinski definition) is 3. The number of piperidine rings is 1. The van der Waals surface area contributed by atoms with Crippen molar-refractivity contribution < 1.29 is 4.79 Å². The van der Waals surface area contributed by atoms with Gasteiger partial charge in [-0.1, -0.05) is 0 Å². The predicted molar refractivity (Wildman–Crippen MR) is 65.5 cm³/mol. The van der Waals surface area contributed by atoms with E-state index in [4.69, 9.17) is 0 Å². The van der Waals surface area contributed by atoms with Gasteiger partial charge in [-0.2, -0.15) is 0 Å². The van der Waals surface area contributed by atoms with Gasteiger partial charge in [-0.15, -0.1) is 0 Å². The maximum atomic E-state index is 11.7. The summed E-state index contributed by atoms with van der Waals surface area (Å²) in [5, 5.41) is 6.25. The number of nitrogens with zero attached hydrogens (tertiary/aromatic N) is 1. The van der Waals surface area contributed by atoms with Crippen LogP contribution in [0.4, 0.5) is 0 Å². The Morgan fingerprint density at radius 1 is 1.47 bits per heavy atom. The molecule has 1 aliphatic rings. The van der Waals surface area contributed by atoms with E-state index in [1.165, 1.54) is 0 Å². The van der Waals surface area contributed by atoms with Crippen LogP contribution in [-0.2, 0) is 11.2 Å². The summed E-state index contributed by atoms with van der Waals surface area (Å²) in [6.45, 7) is 2.76. The summed E-state index contributed by atoms with van der Waals surface area (Å²) in [7, 11) is 0. The lowest BCUT2D eigenvalue weighted by Gasteiger charge is -2.21. The number of hydrogen-bond acceptors (Lipinski definition) is 3. The van der Waals surface area contributed by atoms with Crippen LogP contribution >= 0.6 is 0 Å². The molecule has 94 valence electrons. The third kappa shape index (κ3) is 4.19. The zero-order chi connectivity index (χ0) is 11.9. The molecule has 17 heavy (non-hydrogen) atoms. The number of rotatable bonds is 5. The Morgan fingerprint density at radius 2 is 2.29 bits per heavy atom. The van der Waals surface area contributed by atoms with Gasteiger partial charge in [0.15, 0.2) is 0 Å². The zero-order valence-corrected chi connectivity index (χ0v) is 10.0. The van der Waals surface area contributed by atoms with Crippen molar-refractivity contribution in [1.82, 2.24) is 20.6 Å². The van der Waals surface area contributed by atoms with Crippen molar-refractivity contribution in [2.24, 2.45) is 5.92 Å². The van der Waals surface area contributed by atoms with E-state index < -0.39 is 0 Å². The quantitative estimate of drug-likeness (QED) is 0.695. The summed E-state index contributed by atoms with van der Waals surface area (Å²) in [5.74, 6) is 1.65. The fourth-order valence-electron chi connectivity index (χ4n) is 2.18. The van der Waals surface area contributed by atoms with Crippen LogP contribution in [0.2, 0.25) is 0 Å². The van der Waals surface area contributed by atoms with Crippen molar-refractivity contribution in [3.63, 3.8) is 0 Å². The van der Waals surface area contributed by atoms with Gasteiger partial charge in [0.25, 0.3) is 0 Å². The van der Waals surface area contributed by atoms with E-state index in [1.54, 1.807) is 12.4 Å². The topological polar surface area (TPSA) is 69.8 Å². The molecule has 0 saturated carbocycles. The largest absolute Gasteiger partial charge is 0.356 e. The molecule has 2 heterocycles. The molecule has 0 aromatic carbocycles. The van der Waals surface area contributed by atoms with Crippen molar-refractivity contribution >= 4 is 5.91 Å². The van der Waals surface area contributed by atoms with E-state index in [-0.39, 0.29) is 5.91 Å². The lowest BCUT2D eigenvalue weighted by Crippen LogP contribution is -2.33. The molecule has 0 spiro atoms. The van der Waals surface area contributed by atoms with Gasteiger partial charge in [0.05, 0.1) is 0 Å². The van der Waals surface area contributed by atoms with Gasteiger partial charge in [0.2, 0.25) is 5.91 Å². The lowest BCUT2D eigenvalue weighted by molar-refractivity contribution is -0.122. The molecule has 1 aromatic rings. The molecule has 0 aliphatic carbocycles. The number of amides is 1. The van der Waals surface area contributed by atoms with Crippen molar-refractivity contribution in [1.29, 1.82) is 0 Å². The molecule has 1 fully saturated rings. The van der Waals surface area contributed by atoms with Crippen molar-refractivity contribution in [3.05, 3.63) is 18.2 Å². The summed E-state index contributed by atoms with van der Waals surface area (Å²) in [5.41, 5.74) is 0. The number of aromatic nitrogens is 2. The van der Waals surface area contributed by atoms with Crippen LogP contribution in [0.15, 0.2) is 12.4 Å². The van der Waals surface area contributed by atoms with Gasteiger partial charge in [0, 0.05) is 31.8 Å². The number of nitrogens with one attached hydrogen (secondary N) is 3.